The molecule has 1 aliphatic rings. The second-order valence-electron chi connectivity index (χ2n) is 7.10. The molecule has 1 N–H and O–H groups in total. The van der Waals surface area contributed by atoms with E-state index in [1.807, 2.05) is 11.3 Å². The highest BCUT2D eigenvalue weighted by molar-refractivity contribution is 7.10. The van der Waals surface area contributed by atoms with Gasteiger partial charge < -0.3 is 5.32 Å². The Labute approximate surface area is 122 Å². The molecule has 0 saturated heterocycles. The highest BCUT2D eigenvalue weighted by Gasteiger charge is 2.26. The van der Waals surface area contributed by atoms with Crippen molar-refractivity contribution >= 4 is 11.3 Å². The van der Waals surface area contributed by atoms with Gasteiger partial charge in [0.05, 0.1) is 0 Å². The number of hydrogen-bond donors (Lipinski definition) is 1. The summed E-state index contributed by atoms with van der Waals surface area (Å²) in [5.41, 5.74) is 0.267. The quantitative estimate of drug-likeness (QED) is 0.814. The summed E-state index contributed by atoms with van der Waals surface area (Å²) in [5, 5.41) is 6.00. The van der Waals surface area contributed by atoms with Crippen molar-refractivity contribution in [3.05, 3.63) is 22.4 Å². The Balaban J connectivity index is 1.78. The van der Waals surface area contributed by atoms with Gasteiger partial charge in [0.15, 0.2) is 0 Å². The first-order chi connectivity index (χ1) is 8.99. The van der Waals surface area contributed by atoms with Crippen LogP contribution in [-0.4, -0.2) is 12.6 Å². The van der Waals surface area contributed by atoms with Gasteiger partial charge in [-0.15, -0.1) is 11.3 Å². The summed E-state index contributed by atoms with van der Waals surface area (Å²) in [6, 6.07) is 5.17. The zero-order valence-corrected chi connectivity index (χ0v) is 13.7. The van der Waals surface area contributed by atoms with Crippen molar-refractivity contribution in [1.82, 2.24) is 5.32 Å². The Kier molecular flexibility index (Phi) is 5.08. The Bertz CT molecular complexity index is 359. The molecule has 0 aromatic carbocycles. The van der Waals surface area contributed by atoms with Crippen LogP contribution in [0.15, 0.2) is 17.5 Å². The van der Waals surface area contributed by atoms with Crippen molar-refractivity contribution in [3.8, 4) is 0 Å². The molecule has 1 saturated carbocycles. The van der Waals surface area contributed by atoms with Crippen LogP contribution in [0.5, 0.6) is 0 Å². The van der Waals surface area contributed by atoms with Gasteiger partial charge in [-0.1, -0.05) is 33.8 Å². The van der Waals surface area contributed by atoms with Crippen molar-refractivity contribution in [3.63, 3.8) is 0 Å². The molecular formula is C17H29NS. The van der Waals surface area contributed by atoms with E-state index in [4.69, 9.17) is 0 Å². The van der Waals surface area contributed by atoms with Crippen LogP contribution in [0.1, 0.15) is 58.3 Å². The van der Waals surface area contributed by atoms with E-state index in [0.29, 0.717) is 0 Å². The fourth-order valence-electron chi connectivity index (χ4n) is 3.14. The standard InChI is InChI=1S/C17H29NS/c1-13(2)14-7-9-15(10-8-14)18-12-17(3,4)16-6-5-11-19-16/h5-6,11,13-15,18H,7-10,12H2,1-4H3. The molecule has 0 aliphatic heterocycles. The molecule has 0 bridgehead atoms. The smallest absolute Gasteiger partial charge is 0.0115 e. The van der Waals surface area contributed by atoms with Crippen molar-refractivity contribution in [2.45, 2.75) is 64.8 Å². The summed E-state index contributed by atoms with van der Waals surface area (Å²) in [7, 11) is 0. The molecule has 19 heavy (non-hydrogen) atoms. The van der Waals surface area contributed by atoms with Crippen molar-refractivity contribution < 1.29 is 0 Å². The summed E-state index contributed by atoms with van der Waals surface area (Å²) in [6.45, 7) is 10.6. The first kappa shape index (κ1) is 15.1. The topological polar surface area (TPSA) is 12.0 Å². The van der Waals surface area contributed by atoms with Crippen molar-refractivity contribution in [1.29, 1.82) is 0 Å². The van der Waals surface area contributed by atoms with E-state index >= 15 is 0 Å². The minimum Gasteiger partial charge on any atom is -0.313 e. The first-order valence-corrected chi connectivity index (χ1v) is 8.64. The van der Waals surface area contributed by atoms with E-state index < -0.39 is 0 Å². The third-order valence-electron chi connectivity index (χ3n) is 4.74. The maximum absolute atomic E-state index is 3.82. The van der Waals surface area contributed by atoms with Crippen LogP contribution in [0.3, 0.4) is 0 Å². The zero-order valence-electron chi connectivity index (χ0n) is 12.9. The van der Waals surface area contributed by atoms with Crippen LogP contribution >= 0.6 is 11.3 Å². The molecule has 0 spiro atoms. The lowest BCUT2D eigenvalue weighted by Crippen LogP contribution is -2.41. The van der Waals surface area contributed by atoms with Crippen molar-refractivity contribution in [2.24, 2.45) is 11.8 Å². The third kappa shape index (κ3) is 4.06. The Morgan fingerprint density at radius 1 is 1.26 bits per heavy atom. The molecular weight excluding hydrogens is 250 g/mol. The lowest BCUT2D eigenvalue weighted by molar-refractivity contribution is 0.233. The van der Waals surface area contributed by atoms with Crippen LogP contribution in [0.25, 0.3) is 0 Å². The molecule has 2 heteroatoms. The lowest BCUT2D eigenvalue weighted by atomic mass is 9.79. The molecule has 1 aromatic heterocycles. The minimum atomic E-state index is 0.267. The maximum atomic E-state index is 3.82. The van der Waals surface area contributed by atoms with Crippen LogP contribution in [0, 0.1) is 11.8 Å². The van der Waals surface area contributed by atoms with Gasteiger partial charge in [-0.2, -0.15) is 0 Å². The largest absolute Gasteiger partial charge is 0.313 e. The summed E-state index contributed by atoms with van der Waals surface area (Å²) in [6.07, 6.45) is 5.55. The molecule has 0 atom stereocenters. The Morgan fingerprint density at radius 3 is 2.47 bits per heavy atom. The van der Waals surface area contributed by atoms with Crippen LogP contribution in [0.2, 0.25) is 0 Å². The van der Waals surface area contributed by atoms with Gasteiger partial charge in [-0.25, -0.2) is 0 Å². The molecule has 1 aromatic rings. The highest BCUT2D eigenvalue weighted by Crippen LogP contribution is 2.31. The molecule has 1 aliphatic carbocycles. The van der Waals surface area contributed by atoms with E-state index in [2.05, 4.69) is 50.5 Å². The predicted octanol–water partition coefficient (Wildman–Crippen LogP) is 4.83. The third-order valence-corrected chi connectivity index (χ3v) is 5.97. The van der Waals surface area contributed by atoms with E-state index in [9.17, 15) is 0 Å². The molecule has 1 heterocycles. The first-order valence-electron chi connectivity index (χ1n) is 7.76. The maximum Gasteiger partial charge on any atom is 0.0115 e. The lowest BCUT2D eigenvalue weighted by Gasteiger charge is -2.34. The second-order valence-corrected chi connectivity index (χ2v) is 8.05. The van der Waals surface area contributed by atoms with Crippen LogP contribution < -0.4 is 5.32 Å². The molecule has 1 nitrogen and oxygen atoms in total. The van der Waals surface area contributed by atoms with Crippen molar-refractivity contribution in [2.75, 3.05) is 6.54 Å². The van der Waals surface area contributed by atoms with Crippen LogP contribution in [0.4, 0.5) is 0 Å². The Morgan fingerprint density at radius 2 is 1.95 bits per heavy atom. The van der Waals surface area contributed by atoms with Gasteiger partial charge in [-0.3, -0.25) is 0 Å². The zero-order chi connectivity index (χ0) is 13.9. The average molecular weight is 279 g/mol. The molecule has 1 fully saturated rings. The fourth-order valence-corrected chi connectivity index (χ4v) is 3.99. The molecule has 0 amide bonds. The highest BCUT2D eigenvalue weighted by atomic mass is 32.1. The second kappa shape index (κ2) is 6.41. The molecule has 0 radical (unpaired) electrons. The summed E-state index contributed by atoms with van der Waals surface area (Å²) < 4.78 is 0. The van der Waals surface area contributed by atoms with E-state index in [0.717, 1.165) is 24.4 Å². The normalized spacial score (nSPS) is 24.9. The number of thiophene rings is 1. The molecule has 2 rings (SSSR count). The number of hydrogen-bond acceptors (Lipinski definition) is 2. The van der Waals surface area contributed by atoms with E-state index in [1.165, 1.54) is 30.6 Å². The van der Waals surface area contributed by atoms with Gasteiger partial charge in [0.1, 0.15) is 0 Å². The summed E-state index contributed by atoms with van der Waals surface area (Å²) in [4.78, 5) is 1.50. The van der Waals surface area contributed by atoms with E-state index in [-0.39, 0.29) is 5.41 Å². The fraction of sp³-hybridized carbons (Fsp3) is 0.765. The van der Waals surface area contributed by atoms with Gasteiger partial charge >= 0.3 is 0 Å². The van der Waals surface area contributed by atoms with Gasteiger partial charge in [0.2, 0.25) is 0 Å². The number of rotatable bonds is 5. The molecule has 108 valence electrons. The van der Waals surface area contributed by atoms with Gasteiger partial charge in [0, 0.05) is 22.9 Å². The van der Waals surface area contributed by atoms with Gasteiger partial charge in [-0.05, 0) is 49.0 Å². The summed E-state index contributed by atoms with van der Waals surface area (Å²) in [5.74, 6) is 1.83. The summed E-state index contributed by atoms with van der Waals surface area (Å²) >= 11 is 1.88. The molecule has 0 unspecified atom stereocenters. The monoisotopic (exact) mass is 279 g/mol. The van der Waals surface area contributed by atoms with E-state index in [1.54, 1.807) is 0 Å². The predicted molar refractivity (Wildman–Crippen MR) is 85.9 cm³/mol. The minimum absolute atomic E-state index is 0.267. The van der Waals surface area contributed by atoms with Crippen LogP contribution in [-0.2, 0) is 5.41 Å². The Hall–Kier alpha value is -0.340. The SMILES string of the molecule is CC(C)C1CCC(NCC(C)(C)c2cccs2)CC1. The average Bonchev–Trinajstić information content (AvgIpc) is 2.91. The number of nitrogens with one attached hydrogen (secondary N) is 1. The van der Waals surface area contributed by atoms with Gasteiger partial charge in [0.25, 0.3) is 0 Å².